The Balaban J connectivity index is 1.64. The van der Waals surface area contributed by atoms with Gasteiger partial charge < -0.3 is 4.90 Å². The maximum Gasteiger partial charge on any atom is 0.261 e. The summed E-state index contributed by atoms with van der Waals surface area (Å²) < 4.78 is 0. The fraction of sp³-hybridized carbons (Fsp3) is 0.500. The van der Waals surface area contributed by atoms with Crippen LogP contribution >= 0.6 is 0 Å². The van der Waals surface area contributed by atoms with E-state index >= 15 is 0 Å². The lowest BCUT2D eigenvalue weighted by atomic mass is 9.99. The molecule has 1 fully saturated rings. The van der Waals surface area contributed by atoms with Crippen LogP contribution in [-0.2, 0) is 4.79 Å². The number of likely N-dealkylation sites (tertiary alicyclic amines) is 1. The molecular weight excluding hydrogens is 292 g/mol. The van der Waals surface area contributed by atoms with Gasteiger partial charge in [0.05, 0.1) is 11.1 Å². The summed E-state index contributed by atoms with van der Waals surface area (Å²) in [7, 11) is 0. The van der Waals surface area contributed by atoms with Crippen LogP contribution in [0.3, 0.4) is 0 Å². The molecule has 2 aliphatic heterocycles. The molecule has 5 nitrogen and oxygen atoms in total. The minimum Gasteiger partial charge on any atom is -0.340 e. The van der Waals surface area contributed by atoms with E-state index in [1.165, 1.54) is 11.3 Å². The first-order valence-corrected chi connectivity index (χ1v) is 8.38. The van der Waals surface area contributed by atoms with Gasteiger partial charge in [0.1, 0.15) is 0 Å². The lowest BCUT2D eigenvalue weighted by Gasteiger charge is -2.35. The van der Waals surface area contributed by atoms with Crippen LogP contribution in [0.4, 0.5) is 0 Å². The number of rotatable bonds is 4. The lowest BCUT2D eigenvalue weighted by Crippen LogP contribution is -2.44. The molecule has 3 amide bonds. The van der Waals surface area contributed by atoms with Crippen molar-refractivity contribution < 1.29 is 14.4 Å². The number of hydrogen-bond acceptors (Lipinski definition) is 3. The smallest absolute Gasteiger partial charge is 0.261 e. The van der Waals surface area contributed by atoms with Crippen molar-refractivity contribution in [2.24, 2.45) is 0 Å². The highest BCUT2D eigenvalue weighted by Gasteiger charge is 2.35. The second-order valence-corrected chi connectivity index (χ2v) is 6.20. The molecule has 0 N–H and O–H groups in total. The first-order chi connectivity index (χ1) is 11.1. The molecule has 122 valence electrons. The molecule has 2 aliphatic rings. The van der Waals surface area contributed by atoms with Gasteiger partial charge in [-0.25, -0.2) is 0 Å². The first kappa shape index (κ1) is 15.7. The largest absolute Gasteiger partial charge is 0.340 e. The third kappa shape index (κ3) is 2.87. The molecule has 0 bridgehead atoms. The Kier molecular flexibility index (Phi) is 4.46. The zero-order valence-electron chi connectivity index (χ0n) is 13.5. The monoisotopic (exact) mass is 314 g/mol. The Morgan fingerprint density at radius 2 is 1.78 bits per heavy atom. The number of carbonyl (C=O) groups excluding carboxylic acids is 3. The van der Waals surface area contributed by atoms with Crippen molar-refractivity contribution in [3.05, 3.63) is 35.4 Å². The van der Waals surface area contributed by atoms with Crippen molar-refractivity contribution in [3.63, 3.8) is 0 Å². The van der Waals surface area contributed by atoms with Gasteiger partial charge in [-0.3, -0.25) is 19.3 Å². The van der Waals surface area contributed by atoms with Crippen LogP contribution in [0.5, 0.6) is 0 Å². The standard InChI is InChI=1S/C18H22N2O3/c1-2-13-7-5-6-11-19(13)16(21)10-12-20-17(22)14-8-3-4-9-15(14)18(20)23/h3-4,8-9,13H,2,5-7,10-12H2,1H3. The second kappa shape index (κ2) is 6.52. The van der Waals surface area contributed by atoms with Crippen LogP contribution in [0, 0.1) is 0 Å². The fourth-order valence-corrected chi connectivity index (χ4v) is 3.55. The Labute approximate surface area is 136 Å². The van der Waals surface area contributed by atoms with Gasteiger partial charge in [0.2, 0.25) is 5.91 Å². The normalized spacial score (nSPS) is 20.8. The van der Waals surface area contributed by atoms with E-state index in [0.29, 0.717) is 17.2 Å². The molecule has 23 heavy (non-hydrogen) atoms. The molecule has 3 rings (SSSR count). The highest BCUT2D eigenvalue weighted by Crippen LogP contribution is 2.24. The van der Waals surface area contributed by atoms with Crippen LogP contribution in [0.15, 0.2) is 24.3 Å². The molecule has 5 heteroatoms. The molecule has 0 saturated carbocycles. The molecule has 1 saturated heterocycles. The third-order valence-corrected chi connectivity index (χ3v) is 4.85. The van der Waals surface area contributed by atoms with Crippen molar-refractivity contribution in [2.45, 2.75) is 45.1 Å². The highest BCUT2D eigenvalue weighted by atomic mass is 16.2. The van der Waals surface area contributed by atoms with Gasteiger partial charge in [-0.15, -0.1) is 0 Å². The summed E-state index contributed by atoms with van der Waals surface area (Å²) in [5, 5.41) is 0. The molecule has 0 aromatic heterocycles. The molecule has 1 aromatic carbocycles. The summed E-state index contributed by atoms with van der Waals surface area (Å²) in [4.78, 5) is 40.2. The summed E-state index contributed by atoms with van der Waals surface area (Å²) in [5.41, 5.74) is 0.878. The Hall–Kier alpha value is -2.17. The molecule has 2 heterocycles. The van der Waals surface area contributed by atoms with E-state index in [2.05, 4.69) is 6.92 Å². The Morgan fingerprint density at radius 1 is 1.13 bits per heavy atom. The van der Waals surface area contributed by atoms with E-state index in [0.717, 1.165) is 25.8 Å². The van der Waals surface area contributed by atoms with Gasteiger partial charge in [-0.05, 0) is 37.8 Å². The molecule has 0 spiro atoms. The lowest BCUT2D eigenvalue weighted by molar-refractivity contribution is -0.135. The van der Waals surface area contributed by atoms with Gasteiger partial charge in [0, 0.05) is 25.6 Å². The number of amides is 3. The third-order valence-electron chi connectivity index (χ3n) is 4.85. The quantitative estimate of drug-likeness (QED) is 0.802. The average molecular weight is 314 g/mol. The van der Waals surface area contributed by atoms with Crippen LogP contribution in [0.25, 0.3) is 0 Å². The number of imide groups is 1. The molecule has 0 aliphatic carbocycles. The number of piperidine rings is 1. The Bertz CT molecular complexity index is 606. The van der Waals surface area contributed by atoms with Crippen molar-refractivity contribution in [2.75, 3.05) is 13.1 Å². The Morgan fingerprint density at radius 3 is 2.39 bits per heavy atom. The molecular formula is C18H22N2O3. The zero-order valence-corrected chi connectivity index (χ0v) is 13.5. The van der Waals surface area contributed by atoms with E-state index in [4.69, 9.17) is 0 Å². The molecule has 1 atom stereocenters. The molecule has 0 radical (unpaired) electrons. The number of carbonyl (C=O) groups is 3. The van der Waals surface area contributed by atoms with Crippen molar-refractivity contribution >= 4 is 17.7 Å². The number of nitrogens with zero attached hydrogens (tertiary/aromatic N) is 2. The minimum absolute atomic E-state index is 0.0492. The van der Waals surface area contributed by atoms with E-state index in [1.807, 2.05) is 4.90 Å². The van der Waals surface area contributed by atoms with E-state index < -0.39 is 0 Å². The molecule has 1 unspecified atom stereocenters. The van der Waals surface area contributed by atoms with Crippen molar-refractivity contribution in [1.82, 2.24) is 9.80 Å². The van der Waals surface area contributed by atoms with Gasteiger partial charge in [0.25, 0.3) is 11.8 Å². The van der Waals surface area contributed by atoms with Crippen LogP contribution < -0.4 is 0 Å². The topological polar surface area (TPSA) is 57.7 Å². The van der Waals surface area contributed by atoms with Gasteiger partial charge in [0.15, 0.2) is 0 Å². The van der Waals surface area contributed by atoms with E-state index in [9.17, 15) is 14.4 Å². The number of fused-ring (bicyclic) bond motifs is 1. The first-order valence-electron chi connectivity index (χ1n) is 8.38. The maximum absolute atomic E-state index is 12.5. The summed E-state index contributed by atoms with van der Waals surface area (Å²) >= 11 is 0. The van der Waals surface area contributed by atoms with Crippen molar-refractivity contribution in [1.29, 1.82) is 0 Å². The van der Waals surface area contributed by atoms with Gasteiger partial charge in [-0.2, -0.15) is 0 Å². The van der Waals surface area contributed by atoms with Crippen LogP contribution in [0.2, 0.25) is 0 Å². The second-order valence-electron chi connectivity index (χ2n) is 6.20. The number of benzene rings is 1. The maximum atomic E-state index is 12.5. The predicted molar refractivity (Wildman–Crippen MR) is 86.1 cm³/mol. The van der Waals surface area contributed by atoms with Gasteiger partial charge >= 0.3 is 0 Å². The number of hydrogen-bond donors (Lipinski definition) is 0. The summed E-state index contributed by atoms with van der Waals surface area (Å²) in [5.74, 6) is -0.527. The van der Waals surface area contributed by atoms with E-state index in [-0.39, 0.29) is 30.7 Å². The van der Waals surface area contributed by atoms with E-state index in [1.54, 1.807) is 24.3 Å². The molecule has 1 aromatic rings. The highest BCUT2D eigenvalue weighted by molar-refractivity contribution is 6.21. The van der Waals surface area contributed by atoms with Gasteiger partial charge in [-0.1, -0.05) is 19.1 Å². The average Bonchev–Trinajstić information content (AvgIpc) is 2.84. The fourth-order valence-electron chi connectivity index (χ4n) is 3.55. The predicted octanol–water partition coefficient (Wildman–Crippen LogP) is 2.46. The minimum atomic E-state index is -0.288. The zero-order chi connectivity index (χ0) is 16.4. The summed E-state index contributed by atoms with van der Waals surface area (Å²) in [6.07, 6.45) is 4.42. The van der Waals surface area contributed by atoms with Crippen molar-refractivity contribution in [3.8, 4) is 0 Å². The summed E-state index contributed by atoms with van der Waals surface area (Å²) in [6.45, 7) is 3.05. The van der Waals surface area contributed by atoms with Crippen LogP contribution in [-0.4, -0.2) is 46.7 Å². The van der Waals surface area contributed by atoms with Crippen LogP contribution in [0.1, 0.15) is 59.7 Å². The summed E-state index contributed by atoms with van der Waals surface area (Å²) in [6, 6.07) is 7.12. The SMILES string of the molecule is CCC1CCCCN1C(=O)CCN1C(=O)c2ccccc2C1=O.